The molecule has 2 nitrogen and oxygen atoms in total. The predicted molar refractivity (Wildman–Crippen MR) is 87.0 cm³/mol. The number of hydrogen-bond acceptors (Lipinski definition) is 2. The minimum atomic E-state index is 0.476. The van der Waals surface area contributed by atoms with Gasteiger partial charge >= 0.3 is 0 Å². The van der Waals surface area contributed by atoms with E-state index in [2.05, 4.69) is 62.3 Å². The second kappa shape index (κ2) is 7.24. The number of nitrogens with one attached hydrogen (secondary N) is 1. The van der Waals surface area contributed by atoms with E-state index in [1.807, 2.05) is 0 Å². The number of aryl methyl sites for hydroxylation is 1. The smallest absolute Gasteiger partial charge is 0.0332 e. The van der Waals surface area contributed by atoms with Gasteiger partial charge in [0.15, 0.2) is 0 Å². The zero-order valence-electron chi connectivity index (χ0n) is 13.5. The molecule has 1 fully saturated rings. The molecule has 0 bridgehead atoms. The summed E-state index contributed by atoms with van der Waals surface area (Å²) in [6, 6.07) is 10.1. The van der Waals surface area contributed by atoms with Gasteiger partial charge in [0.2, 0.25) is 0 Å². The first-order chi connectivity index (χ1) is 9.61. The van der Waals surface area contributed by atoms with Crippen molar-refractivity contribution in [1.82, 2.24) is 10.2 Å². The van der Waals surface area contributed by atoms with Crippen molar-refractivity contribution in [2.45, 2.75) is 52.1 Å². The molecular formula is C18H30N2. The van der Waals surface area contributed by atoms with Crippen LogP contribution in [-0.4, -0.2) is 31.1 Å². The third-order valence-electron chi connectivity index (χ3n) is 4.28. The van der Waals surface area contributed by atoms with Crippen LogP contribution in [0.4, 0.5) is 0 Å². The van der Waals surface area contributed by atoms with Crippen molar-refractivity contribution in [3.8, 4) is 0 Å². The lowest BCUT2D eigenvalue weighted by Crippen LogP contribution is -2.33. The highest BCUT2D eigenvalue weighted by Gasteiger charge is 2.29. The van der Waals surface area contributed by atoms with Crippen LogP contribution in [0.2, 0.25) is 0 Å². The van der Waals surface area contributed by atoms with E-state index in [0.717, 1.165) is 12.0 Å². The molecule has 20 heavy (non-hydrogen) atoms. The molecule has 1 aliphatic carbocycles. The standard InChI is InChI=1S/C18H30N2/c1-14(2)13-20(16-9-10-16)12-11-18(19-4)17-8-6-5-7-15(17)3/h5-8,14,16,18-19H,9-13H2,1-4H3. The summed E-state index contributed by atoms with van der Waals surface area (Å²) in [5, 5.41) is 3.50. The minimum absolute atomic E-state index is 0.476. The first kappa shape index (κ1) is 15.5. The maximum absolute atomic E-state index is 3.50. The van der Waals surface area contributed by atoms with Crippen LogP contribution in [0.15, 0.2) is 24.3 Å². The molecule has 1 aromatic carbocycles. The summed E-state index contributed by atoms with van der Waals surface area (Å²) in [6.07, 6.45) is 4.01. The number of rotatable bonds is 8. The molecule has 1 unspecified atom stereocenters. The Labute approximate surface area is 124 Å². The Hall–Kier alpha value is -0.860. The van der Waals surface area contributed by atoms with E-state index < -0.39 is 0 Å². The summed E-state index contributed by atoms with van der Waals surface area (Å²) < 4.78 is 0. The van der Waals surface area contributed by atoms with Crippen LogP contribution in [0.3, 0.4) is 0 Å². The SMILES string of the molecule is CNC(CCN(CC(C)C)C1CC1)c1ccccc1C. The van der Waals surface area contributed by atoms with Gasteiger partial charge in [0.1, 0.15) is 0 Å². The predicted octanol–water partition coefficient (Wildman–Crippen LogP) is 3.77. The Kier molecular flexibility index (Phi) is 5.62. The van der Waals surface area contributed by atoms with Crippen molar-refractivity contribution in [3.05, 3.63) is 35.4 Å². The van der Waals surface area contributed by atoms with E-state index in [-0.39, 0.29) is 0 Å². The molecule has 0 aromatic heterocycles. The largest absolute Gasteiger partial charge is 0.313 e. The summed E-state index contributed by atoms with van der Waals surface area (Å²) in [6.45, 7) is 9.32. The van der Waals surface area contributed by atoms with Gasteiger partial charge in [-0.25, -0.2) is 0 Å². The van der Waals surface area contributed by atoms with Crippen molar-refractivity contribution in [2.75, 3.05) is 20.1 Å². The highest BCUT2D eigenvalue weighted by Crippen LogP contribution is 2.29. The minimum Gasteiger partial charge on any atom is -0.313 e. The van der Waals surface area contributed by atoms with Crippen molar-refractivity contribution < 1.29 is 0 Å². The summed E-state index contributed by atoms with van der Waals surface area (Å²) >= 11 is 0. The third-order valence-corrected chi connectivity index (χ3v) is 4.28. The van der Waals surface area contributed by atoms with E-state index in [9.17, 15) is 0 Å². The Balaban J connectivity index is 1.94. The number of benzene rings is 1. The molecule has 0 spiro atoms. The summed E-state index contributed by atoms with van der Waals surface area (Å²) in [5.74, 6) is 0.766. The van der Waals surface area contributed by atoms with Gasteiger partial charge in [-0.2, -0.15) is 0 Å². The maximum Gasteiger partial charge on any atom is 0.0332 e. The van der Waals surface area contributed by atoms with Crippen molar-refractivity contribution >= 4 is 0 Å². The molecule has 1 atom stereocenters. The fraction of sp³-hybridized carbons (Fsp3) is 0.667. The lowest BCUT2D eigenvalue weighted by Gasteiger charge is -2.27. The van der Waals surface area contributed by atoms with Crippen LogP contribution >= 0.6 is 0 Å². The van der Waals surface area contributed by atoms with Gasteiger partial charge in [-0.05, 0) is 50.3 Å². The monoisotopic (exact) mass is 274 g/mol. The van der Waals surface area contributed by atoms with E-state index in [1.165, 1.54) is 43.5 Å². The lowest BCUT2D eigenvalue weighted by molar-refractivity contribution is 0.222. The van der Waals surface area contributed by atoms with Gasteiger partial charge in [0, 0.05) is 25.2 Å². The Morgan fingerprint density at radius 1 is 1.25 bits per heavy atom. The molecule has 1 N–H and O–H groups in total. The average molecular weight is 274 g/mol. The molecule has 0 radical (unpaired) electrons. The second-order valence-corrected chi connectivity index (χ2v) is 6.61. The van der Waals surface area contributed by atoms with Gasteiger partial charge in [-0.1, -0.05) is 38.1 Å². The van der Waals surface area contributed by atoms with Gasteiger partial charge in [-0.3, -0.25) is 0 Å². The molecule has 1 aromatic rings. The Morgan fingerprint density at radius 2 is 1.95 bits per heavy atom. The van der Waals surface area contributed by atoms with E-state index in [0.29, 0.717) is 6.04 Å². The van der Waals surface area contributed by atoms with Gasteiger partial charge in [0.25, 0.3) is 0 Å². The zero-order valence-corrected chi connectivity index (χ0v) is 13.5. The summed E-state index contributed by atoms with van der Waals surface area (Å²) in [5.41, 5.74) is 2.85. The van der Waals surface area contributed by atoms with Crippen LogP contribution in [-0.2, 0) is 0 Å². The van der Waals surface area contributed by atoms with Crippen LogP contribution in [0.5, 0.6) is 0 Å². The Bertz CT molecular complexity index is 410. The fourth-order valence-corrected chi connectivity index (χ4v) is 3.06. The molecule has 0 heterocycles. The molecule has 0 aliphatic heterocycles. The first-order valence-corrected chi connectivity index (χ1v) is 8.08. The lowest BCUT2D eigenvalue weighted by atomic mass is 9.98. The maximum atomic E-state index is 3.50. The van der Waals surface area contributed by atoms with Gasteiger partial charge in [-0.15, -0.1) is 0 Å². The van der Waals surface area contributed by atoms with Crippen LogP contribution in [0.25, 0.3) is 0 Å². The van der Waals surface area contributed by atoms with E-state index in [1.54, 1.807) is 0 Å². The second-order valence-electron chi connectivity index (χ2n) is 6.61. The fourth-order valence-electron chi connectivity index (χ4n) is 3.06. The quantitative estimate of drug-likeness (QED) is 0.776. The highest BCUT2D eigenvalue weighted by atomic mass is 15.2. The first-order valence-electron chi connectivity index (χ1n) is 8.08. The topological polar surface area (TPSA) is 15.3 Å². The number of nitrogens with zero attached hydrogens (tertiary/aromatic N) is 1. The van der Waals surface area contributed by atoms with Crippen molar-refractivity contribution in [3.63, 3.8) is 0 Å². The van der Waals surface area contributed by atoms with Gasteiger partial charge in [0.05, 0.1) is 0 Å². The van der Waals surface area contributed by atoms with Crippen LogP contribution in [0, 0.1) is 12.8 Å². The molecule has 0 saturated heterocycles. The highest BCUT2D eigenvalue weighted by molar-refractivity contribution is 5.28. The third kappa shape index (κ3) is 4.32. The molecule has 1 aliphatic rings. The van der Waals surface area contributed by atoms with Gasteiger partial charge < -0.3 is 10.2 Å². The Morgan fingerprint density at radius 3 is 2.50 bits per heavy atom. The summed E-state index contributed by atoms with van der Waals surface area (Å²) in [4.78, 5) is 2.70. The van der Waals surface area contributed by atoms with Crippen LogP contribution < -0.4 is 5.32 Å². The number of hydrogen-bond donors (Lipinski definition) is 1. The average Bonchev–Trinajstić information content (AvgIpc) is 3.24. The molecule has 112 valence electrons. The summed E-state index contributed by atoms with van der Waals surface area (Å²) in [7, 11) is 2.08. The van der Waals surface area contributed by atoms with Crippen molar-refractivity contribution in [2.24, 2.45) is 5.92 Å². The molecule has 1 saturated carbocycles. The van der Waals surface area contributed by atoms with Crippen LogP contribution in [0.1, 0.15) is 50.3 Å². The molecular weight excluding hydrogens is 244 g/mol. The van der Waals surface area contributed by atoms with E-state index in [4.69, 9.17) is 0 Å². The normalized spacial score (nSPS) is 16.9. The molecule has 2 heteroatoms. The van der Waals surface area contributed by atoms with E-state index >= 15 is 0 Å². The molecule has 2 rings (SSSR count). The molecule has 0 amide bonds. The van der Waals surface area contributed by atoms with Crippen molar-refractivity contribution in [1.29, 1.82) is 0 Å². The zero-order chi connectivity index (χ0) is 14.5.